The van der Waals surface area contributed by atoms with E-state index in [0.29, 0.717) is 16.6 Å². The molecular formula is C18H16N2O5S. The number of methoxy groups -OCH3 is 2. The SMILES string of the molecule is COc1ccc2nc(NC(=O)COC(=O)c3ccccc3OC)sc2c1. The van der Waals surface area contributed by atoms with Gasteiger partial charge in [0, 0.05) is 0 Å². The zero-order valence-electron chi connectivity index (χ0n) is 14.1. The maximum atomic E-state index is 12.1. The van der Waals surface area contributed by atoms with E-state index >= 15 is 0 Å². The number of rotatable bonds is 6. The highest BCUT2D eigenvalue weighted by Crippen LogP contribution is 2.29. The fourth-order valence-electron chi connectivity index (χ4n) is 2.26. The fraction of sp³-hybridized carbons (Fsp3) is 0.167. The average Bonchev–Trinajstić information content (AvgIpc) is 3.07. The van der Waals surface area contributed by atoms with Crippen LogP contribution in [0.5, 0.6) is 11.5 Å². The first-order valence-electron chi connectivity index (χ1n) is 7.65. The van der Waals surface area contributed by atoms with E-state index in [1.54, 1.807) is 37.4 Å². The summed E-state index contributed by atoms with van der Waals surface area (Å²) in [6.07, 6.45) is 0. The minimum absolute atomic E-state index is 0.259. The van der Waals surface area contributed by atoms with Crippen molar-refractivity contribution in [1.29, 1.82) is 0 Å². The number of anilines is 1. The van der Waals surface area contributed by atoms with Gasteiger partial charge >= 0.3 is 5.97 Å². The van der Waals surface area contributed by atoms with E-state index in [9.17, 15) is 9.59 Å². The summed E-state index contributed by atoms with van der Waals surface area (Å²) in [5.74, 6) is -0.00583. The standard InChI is InChI=1S/C18H16N2O5S/c1-23-11-7-8-13-15(9-11)26-18(19-13)20-16(21)10-25-17(22)12-5-3-4-6-14(12)24-2/h3-9H,10H2,1-2H3,(H,19,20,21). The van der Waals surface area contributed by atoms with Crippen LogP contribution in [0, 0.1) is 0 Å². The number of fused-ring (bicyclic) bond motifs is 1. The number of nitrogens with zero attached hydrogens (tertiary/aromatic N) is 1. The van der Waals surface area contributed by atoms with Gasteiger partial charge in [-0.1, -0.05) is 23.5 Å². The van der Waals surface area contributed by atoms with E-state index < -0.39 is 18.5 Å². The first-order chi connectivity index (χ1) is 12.6. The van der Waals surface area contributed by atoms with Gasteiger partial charge in [0.1, 0.15) is 17.1 Å². The first-order valence-corrected chi connectivity index (χ1v) is 8.47. The van der Waals surface area contributed by atoms with Crippen molar-refractivity contribution >= 4 is 38.6 Å². The van der Waals surface area contributed by atoms with Crippen LogP contribution in [0.15, 0.2) is 42.5 Å². The first kappa shape index (κ1) is 17.7. The summed E-state index contributed by atoms with van der Waals surface area (Å²) in [5, 5.41) is 3.05. The van der Waals surface area contributed by atoms with Crippen LogP contribution in [-0.4, -0.2) is 37.7 Å². The highest BCUT2D eigenvalue weighted by Gasteiger charge is 2.15. The normalized spacial score (nSPS) is 10.4. The monoisotopic (exact) mass is 372 g/mol. The third-order valence-electron chi connectivity index (χ3n) is 3.50. The van der Waals surface area contributed by atoms with E-state index in [1.165, 1.54) is 18.4 Å². The molecule has 3 aromatic rings. The molecule has 0 aliphatic heterocycles. The van der Waals surface area contributed by atoms with Crippen molar-refractivity contribution in [3.8, 4) is 11.5 Å². The smallest absolute Gasteiger partial charge is 0.342 e. The Morgan fingerprint density at radius 2 is 1.92 bits per heavy atom. The molecule has 8 heteroatoms. The molecule has 1 N–H and O–H groups in total. The summed E-state index contributed by atoms with van der Waals surface area (Å²) in [4.78, 5) is 28.4. The third-order valence-corrected chi connectivity index (χ3v) is 4.44. The molecule has 0 radical (unpaired) electrons. The fourth-order valence-corrected chi connectivity index (χ4v) is 3.17. The molecule has 2 aromatic carbocycles. The van der Waals surface area contributed by atoms with Crippen molar-refractivity contribution in [2.45, 2.75) is 0 Å². The predicted molar refractivity (Wildman–Crippen MR) is 98.1 cm³/mol. The summed E-state index contributed by atoms with van der Waals surface area (Å²) in [6, 6.07) is 12.1. The minimum atomic E-state index is -0.633. The predicted octanol–water partition coefficient (Wildman–Crippen LogP) is 3.11. The number of benzene rings is 2. The van der Waals surface area contributed by atoms with Crippen LogP contribution in [0.4, 0.5) is 5.13 Å². The van der Waals surface area contributed by atoms with Gasteiger partial charge in [0.25, 0.3) is 5.91 Å². The Labute approximate surface area is 153 Å². The van der Waals surface area contributed by atoms with E-state index in [4.69, 9.17) is 14.2 Å². The summed E-state index contributed by atoms with van der Waals surface area (Å²) >= 11 is 1.31. The Morgan fingerprint density at radius 3 is 2.69 bits per heavy atom. The molecule has 1 aromatic heterocycles. The maximum absolute atomic E-state index is 12.1. The molecule has 0 fully saturated rings. The molecule has 0 aliphatic rings. The molecule has 0 saturated heterocycles. The van der Waals surface area contributed by atoms with Crippen LogP contribution in [0.25, 0.3) is 10.2 Å². The molecule has 1 heterocycles. The van der Waals surface area contributed by atoms with Gasteiger partial charge < -0.3 is 14.2 Å². The number of aromatic nitrogens is 1. The molecular weight excluding hydrogens is 356 g/mol. The molecule has 134 valence electrons. The summed E-state index contributed by atoms with van der Waals surface area (Å²) in [7, 11) is 3.04. The van der Waals surface area contributed by atoms with E-state index in [-0.39, 0.29) is 5.56 Å². The van der Waals surface area contributed by atoms with Gasteiger partial charge in [0.15, 0.2) is 11.7 Å². The number of carbonyl (C=O) groups is 2. The third kappa shape index (κ3) is 3.92. The van der Waals surface area contributed by atoms with Crippen LogP contribution in [0.3, 0.4) is 0 Å². The van der Waals surface area contributed by atoms with Gasteiger partial charge in [0.05, 0.1) is 24.4 Å². The zero-order chi connectivity index (χ0) is 18.5. The van der Waals surface area contributed by atoms with Crippen molar-refractivity contribution in [2.24, 2.45) is 0 Å². The van der Waals surface area contributed by atoms with Crippen molar-refractivity contribution in [1.82, 2.24) is 4.98 Å². The van der Waals surface area contributed by atoms with E-state index in [2.05, 4.69) is 10.3 Å². The van der Waals surface area contributed by atoms with Crippen LogP contribution in [0.2, 0.25) is 0 Å². The number of hydrogen-bond acceptors (Lipinski definition) is 7. The molecule has 0 unspecified atom stereocenters. The Hall–Kier alpha value is -3.13. The van der Waals surface area contributed by atoms with Gasteiger partial charge in [-0.25, -0.2) is 9.78 Å². The average molecular weight is 372 g/mol. The van der Waals surface area contributed by atoms with Gasteiger partial charge in [-0.2, -0.15) is 0 Å². The molecule has 26 heavy (non-hydrogen) atoms. The number of esters is 1. The van der Waals surface area contributed by atoms with Crippen LogP contribution < -0.4 is 14.8 Å². The molecule has 0 spiro atoms. The Balaban J connectivity index is 1.61. The zero-order valence-corrected chi connectivity index (χ0v) is 15.0. The molecule has 3 rings (SSSR count). The number of carbonyl (C=O) groups excluding carboxylic acids is 2. The number of ether oxygens (including phenoxy) is 3. The van der Waals surface area contributed by atoms with Crippen LogP contribution in [0.1, 0.15) is 10.4 Å². The topological polar surface area (TPSA) is 86.8 Å². The highest BCUT2D eigenvalue weighted by molar-refractivity contribution is 7.22. The molecule has 1 amide bonds. The second-order valence-electron chi connectivity index (χ2n) is 5.18. The van der Waals surface area contributed by atoms with Gasteiger partial charge in [-0.3, -0.25) is 10.1 Å². The van der Waals surface area contributed by atoms with E-state index in [0.717, 1.165) is 10.2 Å². The van der Waals surface area contributed by atoms with Crippen molar-refractivity contribution in [2.75, 3.05) is 26.1 Å². The Morgan fingerprint density at radius 1 is 1.12 bits per heavy atom. The number of hydrogen-bond donors (Lipinski definition) is 1. The second-order valence-corrected chi connectivity index (χ2v) is 6.21. The molecule has 7 nitrogen and oxygen atoms in total. The molecule has 0 saturated carbocycles. The lowest BCUT2D eigenvalue weighted by Crippen LogP contribution is -2.21. The molecule has 0 aliphatic carbocycles. The van der Waals surface area contributed by atoms with E-state index in [1.807, 2.05) is 12.1 Å². The number of nitrogens with one attached hydrogen (secondary N) is 1. The van der Waals surface area contributed by atoms with Crippen molar-refractivity contribution in [3.63, 3.8) is 0 Å². The maximum Gasteiger partial charge on any atom is 0.342 e. The summed E-state index contributed by atoms with van der Waals surface area (Å²) in [5.41, 5.74) is 1.01. The van der Waals surface area contributed by atoms with Crippen molar-refractivity contribution < 1.29 is 23.8 Å². The molecule has 0 bridgehead atoms. The second kappa shape index (κ2) is 7.83. The lowest BCUT2D eigenvalue weighted by molar-refractivity contribution is -0.119. The van der Waals surface area contributed by atoms with Crippen LogP contribution in [-0.2, 0) is 9.53 Å². The number of amides is 1. The lowest BCUT2D eigenvalue weighted by Gasteiger charge is -2.08. The number of para-hydroxylation sites is 1. The van der Waals surface area contributed by atoms with Gasteiger partial charge in [0.2, 0.25) is 0 Å². The molecule has 0 atom stereocenters. The van der Waals surface area contributed by atoms with Gasteiger partial charge in [-0.05, 0) is 30.3 Å². The highest BCUT2D eigenvalue weighted by atomic mass is 32.1. The van der Waals surface area contributed by atoms with Crippen molar-refractivity contribution in [3.05, 3.63) is 48.0 Å². The van der Waals surface area contributed by atoms with Crippen LogP contribution >= 0.6 is 11.3 Å². The Kier molecular flexibility index (Phi) is 5.33. The Bertz CT molecular complexity index is 954. The quantitative estimate of drug-likeness (QED) is 0.669. The summed E-state index contributed by atoms with van der Waals surface area (Å²) in [6.45, 7) is -0.421. The lowest BCUT2D eigenvalue weighted by atomic mass is 10.2. The minimum Gasteiger partial charge on any atom is -0.497 e. The van der Waals surface area contributed by atoms with Gasteiger partial charge in [-0.15, -0.1) is 0 Å². The largest absolute Gasteiger partial charge is 0.497 e. The number of thiazole rings is 1. The summed E-state index contributed by atoms with van der Waals surface area (Å²) < 4.78 is 16.2.